The van der Waals surface area contributed by atoms with Gasteiger partial charge in [0.25, 0.3) is 0 Å². The number of rotatable bonds is 5. The van der Waals surface area contributed by atoms with Crippen molar-refractivity contribution in [3.63, 3.8) is 0 Å². The molecule has 0 saturated carbocycles. The average molecular weight is 400 g/mol. The summed E-state index contributed by atoms with van der Waals surface area (Å²) in [4.78, 5) is 2.49. The van der Waals surface area contributed by atoms with Crippen molar-refractivity contribution in [2.45, 2.75) is 32.2 Å². The smallest absolute Gasteiger partial charge is 0.120 e. The third-order valence-corrected chi connectivity index (χ3v) is 4.27. The van der Waals surface area contributed by atoms with Crippen LogP contribution in [0.4, 0.5) is 0 Å². The van der Waals surface area contributed by atoms with Crippen LogP contribution >= 0.6 is 40.7 Å². The molecule has 1 aliphatic heterocycles. The van der Waals surface area contributed by atoms with Crippen LogP contribution in [-0.2, 0) is 0 Å². The number of hydrogen-bond donors (Lipinski definition) is 2. The Labute approximate surface area is 148 Å². The van der Waals surface area contributed by atoms with Gasteiger partial charge in [0.2, 0.25) is 0 Å². The molecule has 1 saturated heterocycles. The molecule has 0 unspecified atom stereocenters. The number of piperazine rings is 1. The number of phenolic OH excluding ortho intramolecular Hbond substituents is 1. The standard InChI is InChI=1S/C15H23BrN2O.2ClH/c1-2-3-4-14(18-9-7-17-8-10-18)13-11-12(16)5-6-15(13)19;;/h5-6,11,14,17,19H,2-4,7-10H2,1H3;2*1H/t14-;;/m0../s1. The maximum Gasteiger partial charge on any atom is 0.120 e. The highest BCUT2D eigenvalue weighted by molar-refractivity contribution is 9.10. The fourth-order valence-corrected chi connectivity index (χ4v) is 3.10. The second-order valence-corrected chi connectivity index (χ2v) is 6.06. The Morgan fingerprint density at radius 3 is 2.57 bits per heavy atom. The van der Waals surface area contributed by atoms with Crippen LogP contribution in [0.25, 0.3) is 0 Å². The van der Waals surface area contributed by atoms with Crippen LogP contribution in [0.1, 0.15) is 37.8 Å². The molecular formula is C15H25BrCl2N2O. The molecule has 1 aromatic rings. The van der Waals surface area contributed by atoms with Crippen LogP contribution < -0.4 is 5.32 Å². The molecule has 1 atom stereocenters. The molecule has 0 aromatic heterocycles. The minimum atomic E-state index is 0. The van der Waals surface area contributed by atoms with E-state index in [1.165, 1.54) is 12.8 Å². The van der Waals surface area contributed by atoms with E-state index in [4.69, 9.17) is 0 Å². The Bertz CT molecular complexity index is 415. The Balaban J connectivity index is 0.00000200. The number of unbranched alkanes of at least 4 members (excludes halogenated alkanes) is 1. The third kappa shape index (κ3) is 5.95. The second kappa shape index (κ2) is 10.7. The maximum absolute atomic E-state index is 10.2. The van der Waals surface area contributed by atoms with Gasteiger partial charge in [-0.25, -0.2) is 0 Å². The summed E-state index contributed by atoms with van der Waals surface area (Å²) in [6.07, 6.45) is 3.50. The fourth-order valence-electron chi connectivity index (χ4n) is 2.72. The normalized spacial score (nSPS) is 16.7. The van der Waals surface area contributed by atoms with Gasteiger partial charge in [0, 0.05) is 42.3 Å². The van der Waals surface area contributed by atoms with Gasteiger partial charge in [-0.3, -0.25) is 4.90 Å². The summed E-state index contributed by atoms with van der Waals surface area (Å²) in [5.41, 5.74) is 1.06. The molecular weight excluding hydrogens is 375 g/mol. The number of hydrogen-bond acceptors (Lipinski definition) is 3. The van der Waals surface area contributed by atoms with Crippen molar-refractivity contribution >= 4 is 40.7 Å². The van der Waals surface area contributed by atoms with Gasteiger partial charge < -0.3 is 10.4 Å². The summed E-state index contributed by atoms with van der Waals surface area (Å²) in [5.74, 6) is 0.419. The van der Waals surface area contributed by atoms with E-state index in [1.54, 1.807) is 6.07 Å². The Morgan fingerprint density at radius 2 is 1.95 bits per heavy atom. The first kappa shape index (κ1) is 21.0. The predicted molar refractivity (Wildman–Crippen MR) is 97.0 cm³/mol. The Kier molecular flexibility index (Phi) is 10.7. The summed E-state index contributed by atoms with van der Waals surface area (Å²) in [5, 5.41) is 13.6. The fraction of sp³-hybridized carbons (Fsp3) is 0.600. The molecule has 1 fully saturated rings. The number of phenols is 1. The zero-order chi connectivity index (χ0) is 13.7. The molecule has 2 N–H and O–H groups in total. The van der Waals surface area contributed by atoms with E-state index in [9.17, 15) is 5.11 Å². The van der Waals surface area contributed by atoms with E-state index in [-0.39, 0.29) is 24.8 Å². The van der Waals surface area contributed by atoms with Crippen LogP contribution in [0.15, 0.2) is 22.7 Å². The predicted octanol–water partition coefficient (Wildman–Crippen LogP) is 4.13. The van der Waals surface area contributed by atoms with Crippen LogP contribution in [0.2, 0.25) is 0 Å². The van der Waals surface area contributed by atoms with Crippen molar-refractivity contribution in [2.75, 3.05) is 26.2 Å². The number of nitrogens with zero attached hydrogens (tertiary/aromatic N) is 1. The summed E-state index contributed by atoms with van der Waals surface area (Å²) >= 11 is 3.51. The molecule has 3 nitrogen and oxygen atoms in total. The van der Waals surface area contributed by atoms with Gasteiger partial charge >= 0.3 is 0 Å². The SMILES string of the molecule is CCCC[C@@H](c1cc(Br)ccc1O)N1CCNCC1.Cl.Cl. The summed E-state index contributed by atoms with van der Waals surface area (Å²) in [6.45, 7) is 6.41. The first-order valence-electron chi connectivity index (χ1n) is 7.15. The van der Waals surface area contributed by atoms with Crippen LogP contribution in [0, 0.1) is 0 Å². The largest absolute Gasteiger partial charge is 0.508 e. The van der Waals surface area contributed by atoms with E-state index in [1.807, 2.05) is 6.07 Å². The molecule has 1 aromatic carbocycles. The Morgan fingerprint density at radius 1 is 1.29 bits per heavy atom. The third-order valence-electron chi connectivity index (χ3n) is 3.77. The maximum atomic E-state index is 10.2. The van der Waals surface area contributed by atoms with E-state index in [0.29, 0.717) is 11.8 Å². The van der Waals surface area contributed by atoms with Crippen molar-refractivity contribution < 1.29 is 5.11 Å². The van der Waals surface area contributed by atoms with Crippen molar-refractivity contribution in [1.29, 1.82) is 0 Å². The Hall–Kier alpha value is -0.000000000000000111. The molecule has 0 amide bonds. The van der Waals surface area contributed by atoms with E-state index in [0.717, 1.165) is 42.6 Å². The number of nitrogens with one attached hydrogen (secondary N) is 1. The first-order valence-corrected chi connectivity index (χ1v) is 7.95. The molecule has 0 spiro atoms. The molecule has 6 heteroatoms. The topological polar surface area (TPSA) is 35.5 Å². The zero-order valence-corrected chi connectivity index (χ0v) is 15.6. The zero-order valence-electron chi connectivity index (χ0n) is 12.3. The summed E-state index contributed by atoms with van der Waals surface area (Å²) in [7, 11) is 0. The lowest BCUT2D eigenvalue weighted by Crippen LogP contribution is -2.45. The van der Waals surface area contributed by atoms with Crippen molar-refractivity contribution in [3.05, 3.63) is 28.2 Å². The van der Waals surface area contributed by atoms with Crippen molar-refractivity contribution in [1.82, 2.24) is 10.2 Å². The lowest BCUT2D eigenvalue weighted by Gasteiger charge is -2.35. The minimum Gasteiger partial charge on any atom is -0.508 e. The number of benzene rings is 1. The monoisotopic (exact) mass is 398 g/mol. The molecule has 122 valence electrons. The first-order chi connectivity index (χ1) is 9.22. The second-order valence-electron chi connectivity index (χ2n) is 5.15. The minimum absolute atomic E-state index is 0. The molecule has 1 aliphatic rings. The van der Waals surface area contributed by atoms with Gasteiger partial charge in [-0.2, -0.15) is 0 Å². The molecule has 0 aliphatic carbocycles. The number of halogens is 3. The van der Waals surface area contributed by atoms with Crippen LogP contribution in [-0.4, -0.2) is 36.2 Å². The highest BCUT2D eigenvalue weighted by Gasteiger charge is 2.24. The van der Waals surface area contributed by atoms with Gasteiger partial charge in [0.05, 0.1) is 0 Å². The van der Waals surface area contributed by atoms with Crippen LogP contribution in [0.5, 0.6) is 5.75 Å². The van der Waals surface area contributed by atoms with Gasteiger partial charge in [0.15, 0.2) is 0 Å². The quantitative estimate of drug-likeness (QED) is 0.780. The van der Waals surface area contributed by atoms with Gasteiger partial charge in [-0.1, -0.05) is 35.7 Å². The molecule has 0 radical (unpaired) electrons. The van der Waals surface area contributed by atoms with E-state index < -0.39 is 0 Å². The van der Waals surface area contributed by atoms with Gasteiger partial charge in [0.1, 0.15) is 5.75 Å². The summed E-state index contributed by atoms with van der Waals surface area (Å²) in [6, 6.07) is 6.09. The van der Waals surface area contributed by atoms with E-state index >= 15 is 0 Å². The molecule has 1 heterocycles. The van der Waals surface area contributed by atoms with Crippen LogP contribution in [0.3, 0.4) is 0 Å². The molecule has 2 rings (SSSR count). The highest BCUT2D eigenvalue weighted by atomic mass is 79.9. The molecule has 21 heavy (non-hydrogen) atoms. The lowest BCUT2D eigenvalue weighted by atomic mass is 9.98. The van der Waals surface area contributed by atoms with Crippen molar-refractivity contribution in [3.8, 4) is 5.75 Å². The number of aromatic hydroxyl groups is 1. The lowest BCUT2D eigenvalue weighted by molar-refractivity contribution is 0.160. The average Bonchev–Trinajstić information content (AvgIpc) is 2.44. The van der Waals surface area contributed by atoms with E-state index in [2.05, 4.69) is 39.1 Å². The van der Waals surface area contributed by atoms with Gasteiger partial charge in [-0.05, 0) is 24.6 Å². The summed E-state index contributed by atoms with van der Waals surface area (Å²) < 4.78 is 1.04. The van der Waals surface area contributed by atoms with Crippen molar-refractivity contribution in [2.24, 2.45) is 0 Å². The highest BCUT2D eigenvalue weighted by Crippen LogP contribution is 2.34. The van der Waals surface area contributed by atoms with Gasteiger partial charge in [-0.15, -0.1) is 24.8 Å². The molecule has 0 bridgehead atoms.